The summed E-state index contributed by atoms with van der Waals surface area (Å²) in [5.41, 5.74) is 2.84. The molecular formula is C26H32O5. The number of ketones is 1. The van der Waals surface area contributed by atoms with Crippen LogP contribution in [0.1, 0.15) is 55.4 Å². The topological polar surface area (TPSA) is 83.8 Å². The van der Waals surface area contributed by atoms with Crippen LogP contribution in [-0.2, 0) is 40.4 Å². The Morgan fingerprint density at radius 1 is 0.903 bits per heavy atom. The Labute approximate surface area is 184 Å². The van der Waals surface area contributed by atoms with Gasteiger partial charge in [-0.25, -0.2) is 0 Å². The molecule has 5 heteroatoms. The van der Waals surface area contributed by atoms with E-state index in [0.717, 1.165) is 22.3 Å². The van der Waals surface area contributed by atoms with E-state index in [0.29, 0.717) is 25.7 Å². The van der Waals surface area contributed by atoms with Gasteiger partial charge in [0.1, 0.15) is 12.0 Å². The standard InChI is InChI=1S/C26H32O5/c1-18(2)26(14-13-20-8-4-6-10-22(20)17-28)23(24(29)15-25(30)31-26)12-11-19-7-3-5-9-21(19)16-27/h3-10,18,23,27-28H,11-17H2,1-2H3. The third-order valence-electron chi connectivity index (χ3n) is 6.64. The molecule has 2 aromatic carbocycles. The van der Waals surface area contributed by atoms with E-state index in [9.17, 15) is 19.8 Å². The SMILES string of the molecule is CC(C)C1(CCc2ccccc2CO)OC(=O)CC(=O)C1CCc1ccccc1CO. The minimum absolute atomic E-state index is 0.0416. The molecule has 1 saturated heterocycles. The van der Waals surface area contributed by atoms with Crippen molar-refractivity contribution in [3.8, 4) is 0 Å². The normalized spacial score (nSPS) is 21.4. The van der Waals surface area contributed by atoms with Crippen LogP contribution in [-0.4, -0.2) is 27.6 Å². The van der Waals surface area contributed by atoms with E-state index >= 15 is 0 Å². The zero-order valence-electron chi connectivity index (χ0n) is 18.3. The van der Waals surface area contributed by atoms with Gasteiger partial charge in [0.25, 0.3) is 0 Å². The van der Waals surface area contributed by atoms with E-state index < -0.39 is 17.5 Å². The average Bonchev–Trinajstić information content (AvgIpc) is 2.77. The van der Waals surface area contributed by atoms with Crippen molar-refractivity contribution in [2.45, 2.75) is 64.8 Å². The van der Waals surface area contributed by atoms with Gasteiger partial charge in [-0.3, -0.25) is 9.59 Å². The number of hydrogen-bond acceptors (Lipinski definition) is 5. The maximum atomic E-state index is 13.0. The second-order valence-electron chi connectivity index (χ2n) is 8.67. The summed E-state index contributed by atoms with van der Waals surface area (Å²) < 4.78 is 5.99. The van der Waals surface area contributed by atoms with Crippen LogP contribution in [0.3, 0.4) is 0 Å². The fourth-order valence-electron chi connectivity index (χ4n) is 4.84. The molecule has 2 atom stereocenters. The van der Waals surface area contributed by atoms with Gasteiger partial charge in [0, 0.05) is 0 Å². The molecule has 5 nitrogen and oxygen atoms in total. The molecule has 2 aromatic rings. The van der Waals surface area contributed by atoms with Gasteiger partial charge >= 0.3 is 5.97 Å². The van der Waals surface area contributed by atoms with Crippen molar-refractivity contribution in [3.05, 3.63) is 70.8 Å². The quantitative estimate of drug-likeness (QED) is 0.473. The first-order valence-corrected chi connectivity index (χ1v) is 11.0. The van der Waals surface area contributed by atoms with Gasteiger partial charge in [0.2, 0.25) is 0 Å². The van der Waals surface area contributed by atoms with E-state index in [1.54, 1.807) is 0 Å². The summed E-state index contributed by atoms with van der Waals surface area (Å²) in [5, 5.41) is 19.3. The van der Waals surface area contributed by atoms with Crippen LogP contribution in [0.15, 0.2) is 48.5 Å². The summed E-state index contributed by atoms with van der Waals surface area (Å²) in [7, 11) is 0. The Balaban J connectivity index is 1.88. The number of Topliss-reactive ketones (excluding diaryl/α,β-unsaturated/α-hetero) is 1. The Bertz CT molecular complexity index is 920. The van der Waals surface area contributed by atoms with Crippen LogP contribution < -0.4 is 0 Å². The number of carbonyl (C=O) groups excluding carboxylic acids is 2. The first-order chi connectivity index (χ1) is 14.9. The number of aryl methyl sites for hydroxylation is 2. The molecule has 1 fully saturated rings. The number of aliphatic hydroxyl groups excluding tert-OH is 2. The predicted octanol–water partition coefficient (Wildman–Crippen LogP) is 3.76. The molecule has 2 unspecified atom stereocenters. The summed E-state index contributed by atoms with van der Waals surface area (Å²) in [6.07, 6.45) is 2.13. The number of aliphatic hydroxyl groups is 2. The number of cyclic esters (lactones) is 1. The van der Waals surface area contributed by atoms with E-state index in [1.807, 2.05) is 62.4 Å². The van der Waals surface area contributed by atoms with Crippen LogP contribution in [0, 0.1) is 11.8 Å². The van der Waals surface area contributed by atoms with E-state index in [-0.39, 0.29) is 31.3 Å². The molecule has 0 aliphatic carbocycles. The van der Waals surface area contributed by atoms with Gasteiger partial charge in [0.15, 0.2) is 5.78 Å². The molecule has 0 amide bonds. The van der Waals surface area contributed by atoms with E-state index in [2.05, 4.69) is 0 Å². The minimum atomic E-state index is -0.886. The summed E-state index contributed by atoms with van der Waals surface area (Å²) >= 11 is 0. The molecular weight excluding hydrogens is 392 g/mol. The lowest BCUT2D eigenvalue weighted by Gasteiger charge is -2.45. The van der Waals surface area contributed by atoms with E-state index in [1.165, 1.54) is 0 Å². The molecule has 3 rings (SSSR count). The van der Waals surface area contributed by atoms with Crippen molar-refractivity contribution < 1.29 is 24.5 Å². The van der Waals surface area contributed by atoms with Crippen LogP contribution >= 0.6 is 0 Å². The molecule has 0 aromatic heterocycles. The second kappa shape index (κ2) is 10.2. The molecule has 0 radical (unpaired) electrons. The number of rotatable bonds is 9. The highest BCUT2D eigenvalue weighted by Crippen LogP contribution is 2.42. The van der Waals surface area contributed by atoms with Gasteiger partial charge < -0.3 is 14.9 Å². The first-order valence-electron chi connectivity index (χ1n) is 11.0. The first kappa shape index (κ1) is 23.2. The van der Waals surface area contributed by atoms with Gasteiger partial charge in [-0.2, -0.15) is 0 Å². The van der Waals surface area contributed by atoms with Gasteiger partial charge in [-0.05, 0) is 53.9 Å². The lowest BCUT2D eigenvalue weighted by atomic mass is 9.68. The summed E-state index contributed by atoms with van der Waals surface area (Å²) in [5.74, 6) is -0.971. The van der Waals surface area contributed by atoms with Gasteiger partial charge in [-0.1, -0.05) is 62.4 Å². The Morgan fingerprint density at radius 2 is 1.42 bits per heavy atom. The van der Waals surface area contributed by atoms with E-state index in [4.69, 9.17) is 4.74 Å². The Hall–Kier alpha value is -2.50. The number of benzene rings is 2. The van der Waals surface area contributed by atoms with Crippen LogP contribution in [0.5, 0.6) is 0 Å². The zero-order chi connectivity index (χ0) is 22.4. The largest absolute Gasteiger partial charge is 0.458 e. The smallest absolute Gasteiger partial charge is 0.313 e. The fourth-order valence-corrected chi connectivity index (χ4v) is 4.84. The molecule has 1 heterocycles. The fraction of sp³-hybridized carbons (Fsp3) is 0.462. The molecule has 0 spiro atoms. The lowest BCUT2D eigenvalue weighted by molar-refractivity contribution is -0.188. The molecule has 1 aliphatic rings. The van der Waals surface area contributed by atoms with Crippen LogP contribution in [0.25, 0.3) is 0 Å². The number of esters is 1. The van der Waals surface area contributed by atoms with Crippen molar-refractivity contribution in [3.63, 3.8) is 0 Å². The highest BCUT2D eigenvalue weighted by molar-refractivity contribution is 5.99. The predicted molar refractivity (Wildman–Crippen MR) is 118 cm³/mol. The highest BCUT2D eigenvalue weighted by atomic mass is 16.6. The molecule has 166 valence electrons. The maximum absolute atomic E-state index is 13.0. The van der Waals surface area contributed by atoms with Crippen molar-refractivity contribution in [2.24, 2.45) is 11.8 Å². The number of hydrogen-bond donors (Lipinski definition) is 2. The summed E-state index contributed by atoms with van der Waals surface area (Å²) in [6, 6.07) is 15.4. The monoisotopic (exact) mass is 424 g/mol. The Kier molecular flexibility index (Phi) is 7.63. The third-order valence-corrected chi connectivity index (χ3v) is 6.64. The average molecular weight is 425 g/mol. The molecule has 2 N–H and O–H groups in total. The molecule has 0 saturated carbocycles. The second-order valence-corrected chi connectivity index (χ2v) is 8.67. The number of carbonyl (C=O) groups is 2. The zero-order valence-corrected chi connectivity index (χ0v) is 18.3. The lowest BCUT2D eigenvalue weighted by Crippen LogP contribution is -2.54. The van der Waals surface area contributed by atoms with Crippen molar-refractivity contribution in [1.82, 2.24) is 0 Å². The number of ether oxygens (including phenoxy) is 1. The van der Waals surface area contributed by atoms with Crippen molar-refractivity contribution in [1.29, 1.82) is 0 Å². The maximum Gasteiger partial charge on any atom is 0.313 e. The Morgan fingerprint density at radius 3 is 1.94 bits per heavy atom. The summed E-state index contributed by atoms with van der Waals surface area (Å²) in [6.45, 7) is 3.90. The minimum Gasteiger partial charge on any atom is -0.458 e. The van der Waals surface area contributed by atoms with Crippen LogP contribution in [0.4, 0.5) is 0 Å². The molecule has 31 heavy (non-hydrogen) atoms. The van der Waals surface area contributed by atoms with Crippen molar-refractivity contribution in [2.75, 3.05) is 0 Å². The van der Waals surface area contributed by atoms with Gasteiger partial charge in [0.05, 0.1) is 19.1 Å². The van der Waals surface area contributed by atoms with Crippen LogP contribution in [0.2, 0.25) is 0 Å². The highest BCUT2D eigenvalue weighted by Gasteiger charge is 2.51. The van der Waals surface area contributed by atoms with Crippen molar-refractivity contribution >= 4 is 11.8 Å². The molecule has 1 aliphatic heterocycles. The summed E-state index contributed by atoms with van der Waals surface area (Å²) in [4.78, 5) is 25.4. The third kappa shape index (κ3) is 5.05. The van der Waals surface area contributed by atoms with Gasteiger partial charge in [-0.15, -0.1) is 0 Å². The molecule has 0 bridgehead atoms.